The summed E-state index contributed by atoms with van der Waals surface area (Å²) in [7, 11) is 0. The summed E-state index contributed by atoms with van der Waals surface area (Å²) < 4.78 is 4.43. The maximum atomic E-state index is 4.79. The Bertz CT molecular complexity index is 382. The van der Waals surface area contributed by atoms with Gasteiger partial charge in [0.25, 0.3) is 5.82 Å². The summed E-state index contributed by atoms with van der Waals surface area (Å²) in [6.45, 7) is 13.2. The van der Waals surface area contributed by atoms with Gasteiger partial charge in [-0.05, 0) is 23.9 Å². The summed E-state index contributed by atoms with van der Waals surface area (Å²) in [4.78, 5) is 0. The molecule has 1 heterocycles. The van der Waals surface area contributed by atoms with E-state index in [1.807, 2.05) is 0 Å². The molecule has 0 bridgehead atoms. The van der Waals surface area contributed by atoms with E-state index in [9.17, 15) is 0 Å². The van der Waals surface area contributed by atoms with Crippen molar-refractivity contribution >= 4 is 0 Å². The van der Waals surface area contributed by atoms with Crippen LogP contribution in [0.4, 0.5) is 0 Å². The van der Waals surface area contributed by atoms with Crippen LogP contribution in [0, 0.1) is 5.92 Å². The van der Waals surface area contributed by atoms with Crippen molar-refractivity contribution in [3.8, 4) is 0 Å². The Morgan fingerprint density at radius 1 is 1.15 bits per heavy atom. The second-order valence-electron chi connectivity index (χ2n) is 5.90. The summed E-state index contributed by atoms with van der Waals surface area (Å²) in [5, 5.41) is 4.79. The molecule has 0 amide bonds. The van der Waals surface area contributed by atoms with Crippen LogP contribution in [0.15, 0.2) is 0 Å². The van der Waals surface area contributed by atoms with E-state index in [1.165, 1.54) is 31.5 Å². The van der Waals surface area contributed by atoms with Crippen molar-refractivity contribution < 1.29 is 4.68 Å². The molecule has 0 aliphatic rings. The Morgan fingerprint density at radius 2 is 1.90 bits per heavy atom. The van der Waals surface area contributed by atoms with E-state index in [-0.39, 0.29) is 0 Å². The minimum Gasteiger partial charge on any atom is -0.254 e. The molecule has 0 aliphatic heterocycles. The van der Waals surface area contributed by atoms with Crippen LogP contribution in [-0.4, -0.2) is 16.3 Å². The summed E-state index contributed by atoms with van der Waals surface area (Å²) >= 11 is 0. The number of nitrogens with one attached hydrogen (secondary N) is 1. The predicted octanol–water partition coefficient (Wildman–Crippen LogP) is 3.08. The van der Waals surface area contributed by atoms with Gasteiger partial charge in [-0.2, -0.15) is 0 Å². The fourth-order valence-electron chi connectivity index (χ4n) is 2.38. The Hall–Kier alpha value is -1.06. The van der Waals surface area contributed by atoms with Gasteiger partial charge in [0.1, 0.15) is 6.54 Å². The van der Waals surface area contributed by atoms with E-state index in [0.717, 1.165) is 37.7 Å². The van der Waals surface area contributed by atoms with Gasteiger partial charge < -0.3 is 0 Å². The van der Waals surface area contributed by atoms with Crippen molar-refractivity contribution in [2.75, 3.05) is 12.0 Å². The first kappa shape index (κ1) is 17.0. The predicted molar refractivity (Wildman–Crippen MR) is 84.4 cm³/mol. The first-order valence-electron chi connectivity index (χ1n) is 8.38. The summed E-state index contributed by atoms with van der Waals surface area (Å²) in [5.74, 6) is 3.18. The molecule has 20 heavy (non-hydrogen) atoms. The third kappa shape index (κ3) is 4.80. The Morgan fingerprint density at radius 3 is 2.45 bits per heavy atom. The van der Waals surface area contributed by atoms with E-state index < -0.39 is 0 Å². The molecule has 0 saturated carbocycles. The molecule has 0 unspecified atom stereocenters. The van der Waals surface area contributed by atoms with Crippen LogP contribution in [0.25, 0.3) is 0 Å². The molecule has 0 fully saturated rings. The lowest BCUT2D eigenvalue weighted by Gasteiger charge is -2.05. The lowest BCUT2D eigenvalue weighted by atomic mass is 10.1. The molecule has 1 N–H and O–H groups in total. The van der Waals surface area contributed by atoms with Crippen LogP contribution in [0.2, 0.25) is 0 Å². The van der Waals surface area contributed by atoms with Gasteiger partial charge in [-0.1, -0.05) is 47.5 Å². The molecule has 1 aromatic rings. The molecule has 0 aliphatic carbocycles. The van der Waals surface area contributed by atoms with Crippen LogP contribution < -0.4 is 10.1 Å². The SMILES string of the molecule is CCCCCNn1c(CC)n[n+](CCC(C)C)c1CC. The average molecular weight is 281 g/mol. The smallest absolute Gasteiger partial charge is 0.254 e. The molecule has 4 nitrogen and oxygen atoms in total. The van der Waals surface area contributed by atoms with Crippen LogP contribution in [0.5, 0.6) is 0 Å². The maximum Gasteiger partial charge on any atom is 0.301 e. The maximum absolute atomic E-state index is 4.79. The lowest BCUT2D eigenvalue weighted by molar-refractivity contribution is -0.759. The number of hydrogen-bond donors (Lipinski definition) is 1. The van der Waals surface area contributed by atoms with Gasteiger partial charge in [0.2, 0.25) is 0 Å². The van der Waals surface area contributed by atoms with E-state index in [1.54, 1.807) is 0 Å². The molecular formula is C16H33N4+. The van der Waals surface area contributed by atoms with Gasteiger partial charge in [-0.3, -0.25) is 5.43 Å². The molecule has 0 aromatic carbocycles. The number of rotatable bonds is 10. The van der Waals surface area contributed by atoms with Crippen LogP contribution in [0.3, 0.4) is 0 Å². The van der Waals surface area contributed by atoms with E-state index >= 15 is 0 Å². The lowest BCUT2D eigenvalue weighted by Crippen LogP contribution is -2.41. The minimum absolute atomic E-state index is 0.722. The van der Waals surface area contributed by atoms with Crippen molar-refractivity contribution in [1.29, 1.82) is 0 Å². The number of aryl methyl sites for hydroxylation is 2. The zero-order valence-electron chi connectivity index (χ0n) is 14.1. The first-order chi connectivity index (χ1) is 9.63. The Labute approximate surface area is 124 Å². The van der Waals surface area contributed by atoms with Gasteiger partial charge in [0.05, 0.1) is 13.0 Å². The monoisotopic (exact) mass is 281 g/mol. The highest BCUT2D eigenvalue weighted by Crippen LogP contribution is 2.04. The average Bonchev–Trinajstić information content (AvgIpc) is 2.78. The minimum atomic E-state index is 0.722. The van der Waals surface area contributed by atoms with Crippen molar-refractivity contribution in [3.05, 3.63) is 11.6 Å². The molecule has 0 spiro atoms. The molecular weight excluding hydrogens is 248 g/mol. The molecule has 1 rings (SSSR count). The Balaban J connectivity index is 2.78. The van der Waals surface area contributed by atoms with E-state index in [2.05, 4.69) is 49.4 Å². The largest absolute Gasteiger partial charge is 0.301 e. The second-order valence-corrected chi connectivity index (χ2v) is 5.90. The first-order valence-corrected chi connectivity index (χ1v) is 8.38. The van der Waals surface area contributed by atoms with Crippen LogP contribution in [-0.2, 0) is 19.4 Å². The van der Waals surface area contributed by atoms with Gasteiger partial charge in [-0.15, -0.1) is 9.36 Å². The number of aromatic nitrogens is 3. The van der Waals surface area contributed by atoms with E-state index in [0.29, 0.717) is 0 Å². The standard InChI is InChI=1S/C16H33N4/c1-6-9-10-12-17-20-15(7-2)18-19(16(20)8-3)13-11-14(4)5/h14,17H,6-13H2,1-5H3/q+1. The molecule has 116 valence electrons. The quantitative estimate of drug-likeness (QED) is 0.528. The van der Waals surface area contributed by atoms with Gasteiger partial charge in [0, 0.05) is 6.42 Å². The third-order valence-corrected chi connectivity index (χ3v) is 3.65. The van der Waals surface area contributed by atoms with Crippen molar-refractivity contribution in [1.82, 2.24) is 9.77 Å². The number of hydrogen-bond acceptors (Lipinski definition) is 2. The molecule has 4 heteroatoms. The van der Waals surface area contributed by atoms with Crippen molar-refractivity contribution in [2.45, 2.75) is 79.7 Å². The molecule has 0 saturated heterocycles. The molecule has 0 atom stereocenters. The molecule has 0 radical (unpaired) electrons. The summed E-state index contributed by atoms with van der Waals surface area (Å²) in [5.41, 5.74) is 3.56. The third-order valence-electron chi connectivity index (χ3n) is 3.65. The van der Waals surface area contributed by atoms with Crippen LogP contribution >= 0.6 is 0 Å². The zero-order chi connectivity index (χ0) is 15.0. The fraction of sp³-hybridized carbons (Fsp3) is 0.875. The van der Waals surface area contributed by atoms with Crippen molar-refractivity contribution in [2.24, 2.45) is 5.92 Å². The fourth-order valence-corrected chi connectivity index (χ4v) is 2.38. The normalized spacial score (nSPS) is 11.3. The highest BCUT2D eigenvalue weighted by Gasteiger charge is 2.23. The van der Waals surface area contributed by atoms with Gasteiger partial charge in [-0.25, -0.2) is 0 Å². The van der Waals surface area contributed by atoms with Gasteiger partial charge in [0.15, 0.2) is 0 Å². The Kier molecular flexibility index (Phi) is 7.63. The second kappa shape index (κ2) is 8.98. The topological polar surface area (TPSA) is 33.7 Å². The van der Waals surface area contributed by atoms with E-state index in [4.69, 9.17) is 5.10 Å². The van der Waals surface area contributed by atoms with Crippen LogP contribution in [0.1, 0.15) is 72.0 Å². The number of unbranched alkanes of at least 4 members (excludes halogenated alkanes) is 2. The summed E-state index contributed by atoms with van der Waals surface area (Å²) in [6.07, 6.45) is 6.97. The molecule has 1 aromatic heterocycles. The summed E-state index contributed by atoms with van der Waals surface area (Å²) in [6, 6.07) is 0. The van der Waals surface area contributed by atoms with Crippen molar-refractivity contribution in [3.63, 3.8) is 0 Å². The number of nitrogens with zero attached hydrogens (tertiary/aromatic N) is 3. The zero-order valence-corrected chi connectivity index (χ0v) is 14.1. The van der Waals surface area contributed by atoms with Gasteiger partial charge >= 0.3 is 5.82 Å². The highest BCUT2D eigenvalue weighted by atomic mass is 15.5. The highest BCUT2D eigenvalue weighted by molar-refractivity contribution is 4.94.